The number of hydrogen-bond acceptors (Lipinski definition) is 4. The van der Waals surface area contributed by atoms with Gasteiger partial charge in [-0.2, -0.15) is 0 Å². The fourth-order valence-electron chi connectivity index (χ4n) is 4.38. The van der Waals surface area contributed by atoms with E-state index in [9.17, 15) is 8.96 Å². The quantitative estimate of drug-likeness (QED) is 0.406. The van der Waals surface area contributed by atoms with Crippen LogP contribution in [-0.4, -0.2) is 37.7 Å². The predicted molar refractivity (Wildman–Crippen MR) is 137 cm³/mol. The van der Waals surface area contributed by atoms with Gasteiger partial charge in [-0.15, -0.1) is 0 Å². The smallest absolute Gasteiger partial charge is 0.198 e. The van der Waals surface area contributed by atoms with Gasteiger partial charge in [-0.25, -0.2) is 4.39 Å². The maximum atomic E-state index is 14.2. The van der Waals surface area contributed by atoms with E-state index in [1.807, 2.05) is 60.7 Å². The van der Waals surface area contributed by atoms with Crippen molar-refractivity contribution >= 4 is 18.8 Å². The third-order valence-electron chi connectivity index (χ3n) is 6.23. The van der Waals surface area contributed by atoms with Crippen molar-refractivity contribution in [2.24, 2.45) is 0 Å². The second-order valence-electron chi connectivity index (χ2n) is 8.61. The lowest BCUT2D eigenvalue weighted by atomic mass is 10.0. The van der Waals surface area contributed by atoms with Crippen molar-refractivity contribution in [3.8, 4) is 0 Å². The summed E-state index contributed by atoms with van der Waals surface area (Å²) in [6, 6.07) is 25.8. The van der Waals surface area contributed by atoms with E-state index in [4.69, 9.17) is 9.47 Å². The molecule has 2 aliphatic rings. The number of nitrogens with one attached hydrogen (secondary N) is 1. The predicted octanol–water partition coefficient (Wildman–Crippen LogP) is 6.09. The summed E-state index contributed by atoms with van der Waals surface area (Å²) in [5, 5.41) is 3.35. The van der Waals surface area contributed by atoms with Crippen LogP contribution in [0, 0.1) is 5.82 Å². The van der Waals surface area contributed by atoms with E-state index < -0.39 is 7.29 Å². The molecule has 5 nitrogen and oxygen atoms in total. The summed E-state index contributed by atoms with van der Waals surface area (Å²) >= 11 is 0. The number of morpholine rings is 1. The van der Waals surface area contributed by atoms with Gasteiger partial charge in [0.2, 0.25) is 0 Å². The lowest BCUT2D eigenvalue weighted by molar-refractivity contribution is 0.0172. The molecule has 0 aliphatic carbocycles. The van der Waals surface area contributed by atoms with E-state index >= 15 is 0 Å². The second-order valence-corrected chi connectivity index (χ2v) is 10.9. The van der Waals surface area contributed by atoms with Crippen molar-refractivity contribution in [2.75, 3.05) is 32.8 Å². The summed E-state index contributed by atoms with van der Waals surface area (Å²) in [6.45, 7) is 3.22. The highest BCUT2D eigenvalue weighted by molar-refractivity contribution is 7.68. The number of hydrogen-bond donors (Lipinski definition) is 1. The minimum Gasteiger partial charge on any atom is -0.456 e. The molecule has 1 fully saturated rings. The summed E-state index contributed by atoms with van der Waals surface area (Å²) in [6.07, 6.45) is 0. The van der Waals surface area contributed by atoms with Gasteiger partial charge in [-0.05, 0) is 17.7 Å². The number of halogens is 1. The Morgan fingerprint density at radius 3 is 1.91 bits per heavy atom. The fraction of sp³-hybridized carbons (Fsp3) is 0.214. The summed E-state index contributed by atoms with van der Waals surface area (Å²) in [5.41, 5.74) is 2.69. The van der Waals surface area contributed by atoms with E-state index in [1.54, 1.807) is 23.8 Å². The van der Waals surface area contributed by atoms with Crippen LogP contribution in [0.3, 0.4) is 0 Å². The van der Waals surface area contributed by atoms with Crippen LogP contribution in [0.4, 0.5) is 4.39 Å². The first-order valence-corrected chi connectivity index (χ1v) is 13.6. The Kier molecular flexibility index (Phi) is 7.26. The molecular formula is C28H28FN2O3P. The van der Waals surface area contributed by atoms with E-state index in [-0.39, 0.29) is 11.9 Å². The maximum absolute atomic E-state index is 14.2. The van der Waals surface area contributed by atoms with Crippen LogP contribution in [0.25, 0.3) is 11.5 Å². The number of nitrogens with zero attached hydrogens (tertiary/aromatic N) is 1. The molecule has 7 heteroatoms. The first-order chi connectivity index (χ1) is 17.1. The van der Waals surface area contributed by atoms with E-state index in [0.717, 1.165) is 29.8 Å². The Morgan fingerprint density at radius 2 is 1.37 bits per heavy atom. The van der Waals surface area contributed by atoms with E-state index in [0.29, 0.717) is 31.3 Å². The third kappa shape index (κ3) is 5.80. The Morgan fingerprint density at radius 1 is 0.829 bits per heavy atom. The molecule has 1 saturated heterocycles. The molecule has 5 rings (SSSR count). The summed E-state index contributed by atoms with van der Waals surface area (Å²) in [5.74, 6) is 4.26. The van der Waals surface area contributed by atoms with Crippen LogP contribution in [0.1, 0.15) is 22.7 Å². The largest absolute Gasteiger partial charge is 0.456 e. The van der Waals surface area contributed by atoms with Gasteiger partial charge in [0.05, 0.1) is 13.2 Å². The van der Waals surface area contributed by atoms with Crippen LogP contribution < -0.4 is 5.09 Å². The monoisotopic (exact) mass is 490 g/mol. The Bertz CT molecular complexity index is 1180. The highest BCUT2D eigenvalue weighted by Gasteiger charge is 2.30. The van der Waals surface area contributed by atoms with Gasteiger partial charge in [-0.1, -0.05) is 72.8 Å². The average Bonchev–Trinajstić information content (AvgIpc) is 2.91. The van der Waals surface area contributed by atoms with E-state index in [1.165, 1.54) is 12.1 Å². The normalized spacial score (nSPS) is 18.8. The maximum Gasteiger partial charge on any atom is 0.198 e. The molecule has 1 unspecified atom stereocenters. The van der Waals surface area contributed by atoms with Crippen molar-refractivity contribution < 1.29 is 18.4 Å². The molecule has 2 heterocycles. The van der Waals surface area contributed by atoms with Crippen LogP contribution >= 0.6 is 7.29 Å². The SMILES string of the molecule is O=P1(NCC(c2ccc(F)cc2)N2CCOCC2)C=C(c2ccccc2)OC(c2ccccc2)=C1. The van der Waals surface area contributed by atoms with Crippen molar-refractivity contribution in [3.63, 3.8) is 0 Å². The van der Waals surface area contributed by atoms with Gasteiger partial charge < -0.3 is 9.47 Å². The van der Waals surface area contributed by atoms with Crippen LogP contribution in [0.2, 0.25) is 0 Å². The molecule has 180 valence electrons. The van der Waals surface area contributed by atoms with E-state index in [2.05, 4.69) is 9.99 Å². The molecule has 0 amide bonds. The zero-order valence-electron chi connectivity index (χ0n) is 19.3. The van der Waals surface area contributed by atoms with Gasteiger partial charge in [0, 0.05) is 48.4 Å². The third-order valence-corrected chi connectivity index (χ3v) is 8.14. The first kappa shape index (κ1) is 23.7. The second kappa shape index (κ2) is 10.7. The number of rotatable bonds is 7. The molecule has 2 aliphatic heterocycles. The Hall–Kier alpha value is -3.02. The molecule has 35 heavy (non-hydrogen) atoms. The lowest BCUT2D eigenvalue weighted by Crippen LogP contribution is -2.42. The first-order valence-electron chi connectivity index (χ1n) is 11.8. The molecule has 0 bridgehead atoms. The van der Waals surface area contributed by atoms with Gasteiger partial charge >= 0.3 is 0 Å². The highest BCUT2D eigenvalue weighted by atomic mass is 31.2. The molecule has 0 radical (unpaired) electrons. The fourth-order valence-corrected chi connectivity index (χ4v) is 6.20. The lowest BCUT2D eigenvalue weighted by Gasteiger charge is -2.35. The highest BCUT2D eigenvalue weighted by Crippen LogP contribution is 2.53. The van der Waals surface area contributed by atoms with Crippen LogP contribution in [-0.2, 0) is 14.0 Å². The van der Waals surface area contributed by atoms with Crippen LogP contribution in [0.15, 0.2) is 96.6 Å². The molecule has 3 aromatic rings. The van der Waals surface area contributed by atoms with Crippen molar-refractivity contribution in [2.45, 2.75) is 6.04 Å². The molecular weight excluding hydrogens is 462 g/mol. The molecule has 0 spiro atoms. The van der Waals surface area contributed by atoms with Gasteiger partial charge in [0.1, 0.15) is 17.3 Å². The van der Waals surface area contributed by atoms with Crippen molar-refractivity contribution in [1.82, 2.24) is 9.99 Å². The summed E-state index contributed by atoms with van der Waals surface area (Å²) in [4.78, 5) is 2.29. The summed E-state index contributed by atoms with van der Waals surface area (Å²) in [7, 11) is -3.12. The zero-order valence-corrected chi connectivity index (χ0v) is 20.2. The molecule has 0 aromatic heterocycles. The molecule has 0 saturated carbocycles. The van der Waals surface area contributed by atoms with Crippen molar-refractivity contribution in [1.29, 1.82) is 0 Å². The van der Waals surface area contributed by atoms with Crippen molar-refractivity contribution in [3.05, 3.63) is 119 Å². The van der Waals surface area contributed by atoms with Gasteiger partial charge in [0.15, 0.2) is 7.29 Å². The Balaban J connectivity index is 1.46. The van der Waals surface area contributed by atoms with Crippen LogP contribution in [0.5, 0.6) is 0 Å². The average molecular weight is 491 g/mol. The zero-order chi connectivity index (χ0) is 24.1. The standard InChI is InChI=1S/C28H28FN2O3P/c29-25-13-11-22(12-14-25)26(31-15-17-33-18-16-31)19-30-35(32)20-27(23-7-3-1-4-8-23)34-28(21-35)24-9-5-2-6-10-24/h1-14,20-21,26H,15-19H2,(H,30,32). The minimum atomic E-state index is -3.12. The molecule has 1 N–H and O–H groups in total. The van der Waals surface area contributed by atoms with Gasteiger partial charge in [-0.3, -0.25) is 14.6 Å². The molecule has 1 atom stereocenters. The Labute approximate surface area is 205 Å². The minimum absolute atomic E-state index is 0.0738. The number of benzene rings is 3. The van der Waals surface area contributed by atoms with Gasteiger partial charge in [0.25, 0.3) is 0 Å². The molecule has 3 aromatic carbocycles. The summed E-state index contributed by atoms with van der Waals surface area (Å²) < 4.78 is 39.6. The number of ether oxygens (including phenoxy) is 2. The topological polar surface area (TPSA) is 50.8 Å².